The van der Waals surface area contributed by atoms with Gasteiger partial charge < -0.3 is 14.0 Å². The van der Waals surface area contributed by atoms with Crippen molar-refractivity contribution in [2.24, 2.45) is 0 Å². The summed E-state index contributed by atoms with van der Waals surface area (Å²) in [5.41, 5.74) is 2.23. The van der Waals surface area contributed by atoms with Gasteiger partial charge in [0.1, 0.15) is 11.3 Å². The second kappa shape index (κ2) is 8.43. The van der Waals surface area contributed by atoms with Crippen LogP contribution in [-0.4, -0.2) is 34.4 Å². The van der Waals surface area contributed by atoms with Crippen LogP contribution in [0.2, 0.25) is 0 Å². The van der Waals surface area contributed by atoms with Gasteiger partial charge in [0.25, 0.3) is 11.8 Å². The van der Waals surface area contributed by atoms with Crippen LogP contribution >= 0.6 is 0 Å². The highest BCUT2D eigenvalue weighted by Crippen LogP contribution is 2.27. The Hall–Kier alpha value is -3.94. The molecule has 0 saturated carbocycles. The molecule has 0 spiro atoms. The minimum absolute atomic E-state index is 0.0281. The van der Waals surface area contributed by atoms with Gasteiger partial charge in [0.05, 0.1) is 30.0 Å². The summed E-state index contributed by atoms with van der Waals surface area (Å²) in [7, 11) is 0. The Morgan fingerprint density at radius 2 is 1.77 bits per heavy atom. The Balaban J connectivity index is 1.55. The molecule has 1 aromatic heterocycles. The maximum absolute atomic E-state index is 12.7. The lowest BCUT2D eigenvalue weighted by atomic mass is 10.1. The van der Waals surface area contributed by atoms with E-state index in [0.717, 1.165) is 4.90 Å². The Morgan fingerprint density at radius 3 is 2.39 bits per heavy atom. The van der Waals surface area contributed by atoms with E-state index < -0.39 is 5.97 Å². The van der Waals surface area contributed by atoms with E-state index in [0.29, 0.717) is 40.5 Å². The maximum atomic E-state index is 12.7. The van der Waals surface area contributed by atoms with Crippen molar-refractivity contribution < 1.29 is 28.4 Å². The molecule has 158 valence electrons. The third-order valence-corrected chi connectivity index (χ3v) is 4.80. The molecule has 0 atom stereocenters. The summed E-state index contributed by atoms with van der Waals surface area (Å²) >= 11 is 0. The summed E-state index contributed by atoms with van der Waals surface area (Å²) in [6, 6.07) is 13.3. The Bertz CT molecular complexity index is 1130. The Labute approximate surface area is 178 Å². The minimum atomic E-state index is -0.610. The molecule has 2 aromatic carbocycles. The molecule has 0 fully saturated rings. The van der Waals surface area contributed by atoms with E-state index in [2.05, 4.69) is 5.16 Å². The number of hydrogen-bond acceptors (Lipinski definition) is 7. The number of aryl methyl sites for hydroxylation is 1. The van der Waals surface area contributed by atoms with E-state index in [1.807, 2.05) is 0 Å². The molecular formula is C23H20N2O6. The summed E-state index contributed by atoms with van der Waals surface area (Å²) in [6.07, 6.45) is 0. The van der Waals surface area contributed by atoms with Gasteiger partial charge in [-0.3, -0.25) is 14.5 Å². The van der Waals surface area contributed by atoms with Crippen LogP contribution < -0.4 is 4.74 Å². The number of nitrogens with zero attached hydrogens (tertiary/aromatic N) is 2. The lowest BCUT2D eigenvalue weighted by molar-refractivity contribution is 0.0432. The van der Waals surface area contributed by atoms with Gasteiger partial charge in [0, 0.05) is 6.07 Å². The van der Waals surface area contributed by atoms with E-state index in [9.17, 15) is 14.4 Å². The normalized spacial score (nSPS) is 12.8. The third kappa shape index (κ3) is 4.05. The molecule has 31 heavy (non-hydrogen) atoms. The predicted molar refractivity (Wildman–Crippen MR) is 109 cm³/mol. The topological polar surface area (TPSA) is 98.9 Å². The zero-order valence-electron chi connectivity index (χ0n) is 17.1. The number of carbonyl (C=O) groups is 3. The highest BCUT2D eigenvalue weighted by molar-refractivity contribution is 6.21. The molecule has 0 saturated heterocycles. The van der Waals surface area contributed by atoms with Crippen LogP contribution in [-0.2, 0) is 17.9 Å². The van der Waals surface area contributed by atoms with Crippen LogP contribution in [0.4, 0.5) is 0 Å². The van der Waals surface area contributed by atoms with Gasteiger partial charge in [-0.1, -0.05) is 23.4 Å². The number of aromatic nitrogens is 1. The van der Waals surface area contributed by atoms with Crippen molar-refractivity contribution in [3.63, 3.8) is 0 Å². The Morgan fingerprint density at radius 1 is 1.06 bits per heavy atom. The van der Waals surface area contributed by atoms with Crippen molar-refractivity contribution in [1.82, 2.24) is 10.1 Å². The molecule has 0 N–H and O–H groups in total. The highest BCUT2D eigenvalue weighted by Gasteiger charge is 2.35. The zero-order valence-corrected chi connectivity index (χ0v) is 17.1. The lowest BCUT2D eigenvalue weighted by Gasteiger charge is -2.16. The quantitative estimate of drug-likeness (QED) is 0.426. The number of amides is 2. The van der Waals surface area contributed by atoms with Crippen molar-refractivity contribution in [2.45, 2.75) is 27.0 Å². The average molecular weight is 420 g/mol. The summed E-state index contributed by atoms with van der Waals surface area (Å²) in [5, 5.41) is 3.76. The van der Waals surface area contributed by atoms with Crippen LogP contribution in [0.25, 0.3) is 0 Å². The van der Waals surface area contributed by atoms with E-state index in [4.69, 9.17) is 14.0 Å². The summed E-state index contributed by atoms with van der Waals surface area (Å²) in [5.74, 6) is -0.557. The van der Waals surface area contributed by atoms with Crippen LogP contribution in [0, 0.1) is 6.92 Å². The first kappa shape index (κ1) is 20.3. The van der Waals surface area contributed by atoms with Gasteiger partial charge in [-0.15, -0.1) is 0 Å². The molecule has 0 bridgehead atoms. The smallest absolute Gasteiger partial charge is 0.342 e. The molecule has 1 aliphatic rings. The molecule has 0 aliphatic carbocycles. The second-order valence-corrected chi connectivity index (χ2v) is 7.02. The molecule has 2 amide bonds. The number of fused-ring (bicyclic) bond motifs is 1. The molecule has 8 nitrogen and oxygen atoms in total. The number of hydrogen-bond donors (Lipinski definition) is 0. The molecular weight excluding hydrogens is 400 g/mol. The van der Waals surface area contributed by atoms with Gasteiger partial charge in [-0.25, -0.2) is 4.79 Å². The average Bonchev–Trinajstić information content (AvgIpc) is 3.30. The summed E-state index contributed by atoms with van der Waals surface area (Å²) in [4.78, 5) is 39.1. The predicted octanol–water partition coefficient (Wildman–Crippen LogP) is 3.53. The van der Waals surface area contributed by atoms with Crippen LogP contribution in [0.5, 0.6) is 5.75 Å². The van der Waals surface area contributed by atoms with Crippen LogP contribution in [0.15, 0.2) is 53.1 Å². The molecule has 2 heterocycles. The fraction of sp³-hybridized carbons (Fsp3) is 0.217. The van der Waals surface area contributed by atoms with Gasteiger partial charge in [-0.2, -0.15) is 0 Å². The molecule has 3 aromatic rings. The summed E-state index contributed by atoms with van der Waals surface area (Å²) in [6.45, 7) is 3.89. The molecule has 1 aliphatic heterocycles. The van der Waals surface area contributed by atoms with E-state index in [1.54, 1.807) is 62.4 Å². The molecule has 0 radical (unpaired) electrons. The van der Waals surface area contributed by atoms with Gasteiger partial charge in [0.2, 0.25) is 0 Å². The van der Waals surface area contributed by atoms with E-state index in [1.165, 1.54) is 0 Å². The van der Waals surface area contributed by atoms with Gasteiger partial charge >= 0.3 is 5.97 Å². The minimum Gasteiger partial charge on any atom is -0.493 e. The highest BCUT2D eigenvalue weighted by atomic mass is 16.6. The largest absolute Gasteiger partial charge is 0.493 e. The number of benzene rings is 2. The van der Waals surface area contributed by atoms with Crippen molar-refractivity contribution in [1.29, 1.82) is 0 Å². The SMILES string of the molecule is CCOc1ccc(CN2C(=O)c3ccccc3C2=O)cc1C(=O)OCc1cc(C)no1. The first-order chi connectivity index (χ1) is 15.0. The maximum Gasteiger partial charge on any atom is 0.342 e. The second-order valence-electron chi connectivity index (χ2n) is 7.02. The summed E-state index contributed by atoms with van der Waals surface area (Å²) < 4.78 is 15.9. The van der Waals surface area contributed by atoms with Crippen LogP contribution in [0.1, 0.15) is 55.0 Å². The first-order valence-electron chi connectivity index (χ1n) is 9.78. The number of carbonyl (C=O) groups excluding carboxylic acids is 3. The third-order valence-electron chi connectivity index (χ3n) is 4.80. The van der Waals surface area contributed by atoms with Crippen molar-refractivity contribution >= 4 is 17.8 Å². The fourth-order valence-electron chi connectivity index (χ4n) is 3.38. The van der Waals surface area contributed by atoms with Crippen molar-refractivity contribution in [3.8, 4) is 5.75 Å². The fourth-order valence-corrected chi connectivity index (χ4v) is 3.38. The lowest BCUT2D eigenvalue weighted by Crippen LogP contribution is -2.29. The molecule has 0 unspecified atom stereocenters. The monoisotopic (exact) mass is 420 g/mol. The number of esters is 1. The van der Waals surface area contributed by atoms with Gasteiger partial charge in [-0.05, 0) is 43.7 Å². The van der Waals surface area contributed by atoms with Crippen molar-refractivity contribution in [2.75, 3.05) is 6.61 Å². The number of imide groups is 1. The number of ether oxygens (including phenoxy) is 2. The standard InChI is InChI=1S/C23H20N2O6/c1-3-29-20-9-8-15(11-19(20)23(28)30-13-16-10-14(2)24-31-16)12-25-21(26)17-6-4-5-7-18(17)22(25)27/h4-11H,3,12-13H2,1-2H3. The molecule has 8 heteroatoms. The van der Waals surface area contributed by atoms with Crippen LogP contribution in [0.3, 0.4) is 0 Å². The van der Waals surface area contributed by atoms with E-state index >= 15 is 0 Å². The first-order valence-corrected chi connectivity index (χ1v) is 9.78. The van der Waals surface area contributed by atoms with Gasteiger partial charge in [0.15, 0.2) is 12.4 Å². The molecule has 4 rings (SSSR count). The zero-order chi connectivity index (χ0) is 22.0. The van der Waals surface area contributed by atoms with Crippen molar-refractivity contribution in [3.05, 3.63) is 82.2 Å². The Kier molecular flexibility index (Phi) is 5.53. The number of rotatable bonds is 7. The van der Waals surface area contributed by atoms with E-state index in [-0.39, 0.29) is 30.5 Å².